The van der Waals surface area contributed by atoms with Gasteiger partial charge in [0, 0.05) is 12.6 Å². The summed E-state index contributed by atoms with van der Waals surface area (Å²) in [7, 11) is 0. The summed E-state index contributed by atoms with van der Waals surface area (Å²) in [5.74, 6) is 0.356. The predicted octanol–water partition coefficient (Wildman–Crippen LogP) is 1.13. The number of carbonyl (C=O) groups is 1. The fourth-order valence-corrected chi connectivity index (χ4v) is 1.13. The molecular weight excluding hydrogens is 164 g/mol. The van der Waals surface area contributed by atoms with Crippen molar-refractivity contribution in [3.63, 3.8) is 0 Å². The lowest BCUT2D eigenvalue weighted by Gasteiger charge is -2.20. The van der Waals surface area contributed by atoms with E-state index in [-0.39, 0.29) is 17.9 Å². The summed E-state index contributed by atoms with van der Waals surface area (Å²) in [5.41, 5.74) is 5.53. The average molecular weight is 186 g/mol. The number of nitrogens with one attached hydrogen (secondary N) is 1. The molecule has 0 heterocycles. The van der Waals surface area contributed by atoms with Gasteiger partial charge in [-0.3, -0.25) is 4.79 Å². The fraction of sp³-hybridized carbons (Fsp3) is 0.900. The Balaban J connectivity index is 4.06. The molecule has 0 saturated heterocycles. The van der Waals surface area contributed by atoms with Crippen LogP contribution in [0.4, 0.5) is 0 Å². The summed E-state index contributed by atoms with van der Waals surface area (Å²) in [4.78, 5) is 11.6. The first-order chi connectivity index (χ1) is 6.02. The van der Waals surface area contributed by atoms with Crippen molar-refractivity contribution >= 4 is 5.91 Å². The SMILES string of the molecule is CCC(C)NC(=O)C(CN)C(C)C. The van der Waals surface area contributed by atoms with Gasteiger partial charge in [-0.1, -0.05) is 20.8 Å². The lowest BCUT2D eigenvalue weighted by molar-refractivity contribution is -0.126. The van der Waals surface area contributed by atoms with E-state index in [1.807, 2.05) is 20.8 Å². The molecule has 0 spiro atoms. The van der Waals surface area contributed by atoms with Gasteiger partial charge in [0.1, 0.15) is 0 Å². The van der Waals surface area contributed by atoms with Crippen molar-refractivity contribution in [3.8, 4) is 0 Å². The van der Waals surface area contributed by atoms with Gasteiger partial charge < -0.3 is 11.1 Å². The van der Waals surface area contributed by atoms with Crippen molar-refractivity contribution in [2.45, 2.75) is 40.2 Å². The lowest BCUT2D eigenvalue weighted by Crippen LogP contribution is -2.41. The summed E-state index contributed by atoms with van der Waals surface area (Å²) in [6, 6.07) is 0.250. The van der Waals surface area contributed by atoms with Crippen molar-refractivity contribution in [2.75, 3.05) is 6.54 Å². The molecule has 0 aromatic carbocycles. The van der Waals surface area contributed by atoms with E-state index in [0.717, 1.165) is 6.42 Å². The van der Waals surface area contributed by atoms with E-state index in [9.17, 15) is 4.79 Å². The van der Waals surface area contributed by atoms with Gasteiger partial charge in [-0.15, -0.1) is 0 Å². The molecule has 0 bridgehead atoms. The third-order valence-corrected chi connectivity index (χ3v) is 2.40. The van der Waals surface area contributed by atoms with Gasteiger partial charge in [0.05, 0.1) is 5.92 Å². The van der Waals surface area contributed by atoms with Crippen LogP contribution in [0.2, 0.25) is 0 Å². The highest BCUT2D eigenvalue weighted by Crippen LogP contribution is 2.09. The molecule has 3 N–H and O–H groups in total. The van der Waals surface area contributed by atoms with E-state index in [4.69, 9.17) is 5.73 Å². The second-order valence-corrected chi connectivity index (χ2v) is 3.90. The van der Waals surface area contributed by atoms with Gasteiger partial charge in [-0.05, 0) is 19.3 Å². The molecular formula is C10H22N2O. The van der Waals surface area contributed by atoms with Gasteiger partial charge in [-0.2, -0.15) is 0 Å². The molecule has 0 fully saturated rings. The van der Waals surface area contributed by atoms with Crippen LogP contribution in [0.1, 0.15) is 34.1 Å². The average Bonchev–Trinajstić information content (AvgIpc) is 2.04. The molecule has 2 atom stereocenters. The zero-order chi connectivity index (χ0) is 10.4. The number of nitrogens with two attached hydrogens (primary N) is 1. The highest BCUT2D eigenvalue weighted by molar-refractivity contribution is 5.79. The Bertz CT molecular complexity index is 157. The molecule has 0 saturated carbocycles. The Kier molecular flexibility index (Phi) is 5.71. The Morgan fingerprint density at radius 1 is 1.38 bits per heavy atom. The Labute approximate surface area is 81.1 Å². The Hall–Kier alpha value is -0.570. The third kappa shape index (κ3) is 4.27. The second kappa shape index (κ2) is 5.97. The number of hydrogen-bond donors (Lipinski definition) is 2. The van der Waals surface area contributed by atoms with Crippen LogP contribution in [0.15, 0.2) is 0 Å². The minimum absolute atomic E-state index is 0.0472. The van der Waals surface area contributed by atoms with E-state index in [2.05, 4.69) is 12.2 Å². The van der Waals surface area contributed by atoms with Crippen molar-refractivity contribution in [2.24, 2.45) is 17.6 Å². The maximum atomic E-state index is 11.6. The first-order valence-corrected chi connectivity index (χ1v) is 5.03. The molecule has 3 nitrogen and oxygen atoms in total. The van der Waals surface area contributed by atoms with E-state index in [0.29, 0.717) is 12.5 Å². The number of carbonyl (C=O) groups excluding carboxylic acids is 1. The fourth-order valence-electron chi connectivity index (χ4n) is 1.13. The van der Waals surface area contributed by atoms with Gasteiger partial charge in [-0.25, -0.2) is 0 Å². The highest BCUT2D eigenvalue weighted by atomic mass is 16.1. The van der Waals surface area contributed by atoms with Gasteiger partial charge in [0.25, 0.3) is 0 Å². The standard InChI is InChI=1S/C10H22N2O/c1-5-8(4)12-10(13)9(6-11)7(2)3/h7-9H,5-6,11H2,1-4H3,(H,12,13). The smallest absolute Gasteiger partial charge is 0.224 e. The molecule has 0 aliphatic rings. The topological polar surface area (TPSA) is 55.1 Å². The van der Waals surface area contributed by atoms with Crippen LogP contribution in [0.25, 0.3) is 0 Å². The molecule has 0 radical (unpaired) electrons. The first kappa shape index (κ1) is 12.4. The Morgan fingerprint density at radius 2 is 1.92 bits per heavy atom. The molecule has 0 rings (SSSR count). The third-order valence-electron chi connectivity index (χ3n) is 2.40. The van der Waals surface area contributed by atoms with Crippen LogP contribution in [-0.4, -0.2) is 18.5 Å². The van der Waals surface area contributed by atoms with E-state index in [1.165, 1.54) is 0 Å². The second-order valence-electron chi connectivity index (χ2n) is 3.90. The van der Waals surface area contributed by atoms with Crippen LogP contribution in [0.3, 0.4) is 0 Å². The molecule has 0 aliphatic heterocycles. The largest absolute Gasteiger partial charge is 0.353 e. The molecule has 13 heavy (non-hydrogen) atoms. The minimum Gasteiger partial charge on any atom is -0.353 e. The normalized spacial score (nSPS) is 15.5. The molecule has 0 aliphatic carbocycles. The molecule has 78 valence electrons. The van der Waals surface area contributed by atoms with Crippen LogP contribution in [-0.2, 0) is 4.79 Å². The lowest BCUT2D eigenvalue weighted by atomic mass is 9.95. The van der Waals surface area contributed by atoms with Crippen LogP contribution in [0.5, 0.6) is 0 Å². The van der Waals surface area contributed by atoms with E-state index in [1.54, 1.807) is 0 Å². The maximum absolute atomic E-state index is 11.6. The van der Waals surface area contributed by atoms with Gasteiger partial charge in [0.2, 0.25) is 5.91 Å². The zero-order valence-corrected chi connectivity index (χ0v) is 9.13. The Morgan fingerprint density at radius 3 is 2.23 bits per heavy atom. The van der Waals surface area contributed by atoms with Crippen molar-refractivity contribution in [1.82, 2.24) is 5.32 Å². The monoisotopic (exact) mass is 186 g/mol. The van der Waals surface area contributed by atoms with Crippen molar-refractivity contribution in [1.29, 1.82) is 0 Å². The maximum Gasteiger partial charge on any atom is 0.224 e. The van der Waals surface area contributed by atoms with Gasteiger partial charge in [0.15, 0.2) is 0 Å². The van der Waals surface area contributed by atoms with Crippen LogP contribution in [0, 0.1) is 11.8 Å². The van der Waals surface area contributed by atoms with E-state index < -0.39 is 0 Å². The van der Waals surface area contributed by atoms with Crippen molar-refractivity contribution < 1.29 is 4.79 Å². The quantitative estimate of drug-likeness (QED) is 0.676. The molecule has 0 aromatic heterocycles. The van der Waals surface area contributed by atoms with Crippen molar-refractivity contribution in [3.05, 3.63) is 0 Å². The predicted molar refractivity (Wildman–Crippen MR) is 55.3 cm³/mol. The zero-order valence-electron chi connectivity index (χ0n) is 9.13. The minimum atomic E-state index is -0.0472. The number of amides is 1. The van der Waals surface area contributed by atoms with Gasteiger partial charge >= 0.3 is 0 Å². The number of rotatable bonds is 5. The summed E-state index contributed by atoms with van der Waals surface area (Å²) >= 11 is 0. The summed E-state index contributed by atoms with van der Waals surface area (Å²) < 4.78 is 0. The molecule has 2 unspecified atom stereocenters. The summed E-state index contributed by atoms with van der Waals surface area (Å²) in [6.45, 7) is 8.53. The first-order valence-electron chi connectivity index (χ1n) is 5.03. The molecule has 3 heteroatoms. The molecule has 1 amide bonds. The summed E-state index contributed by atoms with van der Waals surface area (Å²) in [6.07, 6.45) is 0.959. The summed E-state index contributed by atoms with van der Waals surface area (Å²) in [5, 5.41) is 2.94. The van der Waals surface area contributed by atoms with Crippen LogP contribution < -0.4 is 11.1 Å². The van der Waals surface area contributed by atoms with E-state index >= 15 is 0 Å². The highest BCUT2D eigenvalue weighted by Gasteiger charge is 2.20. The number of hydrogen-bond acceptors (Lipinski definition) is 2. The molecule has 0 aromatic rings. The van der Waals surface area contributed by atoms with Crippen LogP contribution >= 0.6 is 0 Å².